The number of carbonyl (C=O) groups is 2. The molecule has 40 heavy (non-hydrogen) atoms. The molecule has 0 spiro atoms. The number of nitrogens with one attached hydrogen (secondary N) is 1. The van der Waals surface area contributed by atoms with Crippen molar-refractivity contribution < 1.29 is 19.1 Å². The summed E-state index contributed by atoms with van der Waals surface area (Å²) in [6, 6.07) is 33.9. The Kier molecular flexibility index (Phi) is 7.00. The molecule has 0 aromatic heterocycles. The van der Waals surface area contributed by atoms with E-state index in [-0.39, 0.29) is 18.4 Å². The number of amides is 2. The lowest BCUT2D eigenvalue weighted by atomic mass is 9.72. The van der Waals surface area contributed by atoms with Crippen molar-refractivity contribution in [1.82, 2.24) is 0 Å². The smallest absolute Gasteiger partial charge is 0.271 e. The van der Waals surface area contributed by atoms with Crippen LogP contribution in [0.25, 0.3) is 0 Å². The van der Waals surface area contributed by atoms with Crippen LogP contribution in [-0.4, -0.2) is 35.8 Å². The number of hydrogen-bond acceptors (Lipinski definition) is 6. The van der Waals surface area contributed by atoms with Gasteiger partial charge in [0.1, 0.15) is 17.0 Å². The number of anilines is 2. The number of β-lactam (4-membered cyclic amide) rings is 1. The van der Waals surface area contributed by atoms with E-state index in [9.17, 15) is 9.59 Å². The van der Waals surface area contributed by atoms with Crippen molar-refractivity contribution in [3.05, 3.63) is 115 Å². The number of nitrogens with zero attached hydrogens (tertiary/aromatic N) is 2. The summed E-state index contributed by atoms with van der Waals surface area (Å²) >= 11 is 1.57. The largest absolute Gasteiger partial charge is 0.484 e. The summed E-state index contributed by atoms with van der Waals surface area (Å²) in [6.45, 7) is -0.102. The van der Waals surface area contributed by atoms with Crippen LogP contribution in [0.1, 0.15) is 12.0 Å². The van der Waals surface area contributed by atoms with Crippen LogP contribution in [0.5, 0.6) is 11.5 Å². The van der Waals surface area contributed by atoms with Crippen molar-refractivity contribution in [2.24, 2.45) is 4.99 Å². The van der Waals surface area contributed by atoms with E-state index >= 15 is 0 Å². The highest BCUT2D eigenvalue weighted by Gasteiger charge is 2.65. The van der Waals surface area contributed by atoms with Gasteiger partial charge < -0.3 is 14.8 Å². The molecule has 2 aliphatic rings. The van der Waals surface area contributed by atoms with Gasteiger partial charge in [0.2, 0.25) is 6.10 Å². The summed E-state index contributed by atoms with van der Waals surface area (Å²) in [5.74, 6) is 0.874. The fourth-order valence-corrected chi connectivity index (χ4v) is 5.77. The molecule has 0 bridgehead atoms. The molecule has 1 saturated heterocycles. The van der Waals surface area contributed by atoms with Gasteiger partial charge in [-0.25, -0.2) is 4.99 Å². The van der Waals surface area contributed by atoms with E-state index in [1.54, 1.807) is 23.9 Å². The van der Waals surface area contributed by atoms with Gasteiger partial charge in [0.25, 0.3) is 11.8 Å². The molecule has 0 radical (unpaired) electrons. The maximum absolute atomic E-state index is 13.8. The zero-order chi connectivity index (χ0) is 27.5. The molecule has 7 nitrogen and oxygen atoms in total. The first kappa shape index (κ1) is 25.7. The molecule has 0 aliphatic carbocycles. The number of para-hydroxylation sites is 4. The Bertz CT molecular complexity index is 1560. The third-order valence-electron chi connectivity index (χ3n) is 7.08. The van der Waals surface area contributed by atoms with E-state index in [4.69, 9.17) is 14.5 Å². The molecule has 2 heterocycles. The first-order valence-corrected chi connectivity index (χ1v) is 14.2. The zero-order valence-electron chi connectivity index (χ0n) is 21.8. The molecular formula is C32H27N3O4S. The summed E-state index contributed by atoms with van der Waals surface area (Å²) in [7, 11) is 0. The van der Waals surface area contributed by atoms with Crippen LogP contribution in [-0.2, 0) is 15.1 Å². The molecule has 6 rings (SSSR count). The zero-order valence-corrected chi connectivity index (χ0v) is 22.6. The van der Waals surface area contributed by atoms with E-state index < -0.39 is 11.6 Å². The minimum absolute atomic E-state index is 0.102. The fraction of sp³-hybridized carbons (Fsp3) is 0.156. The van der Waals surface area contributed by atoms with Crippen molar-refractivity contribution in [3.63, 3.8) is 0 Å². The van der Waals surface area contributed by atoms with E-state index in [0.29, 0.717) is 23.6 Å². The lowest BCUT2D eigenvalue weighted by Gasteiger charge is -2.56. The monoisotopic (exact) mass is 549 g/mol. The Balaban J connectivity index is 1.32. The average molecular weight is 550 g/mol. The van der Waals surface area contributed by atoms with E-state index in [1.807, 2.05) is 108 Å². The highest BCUT2D eigenvalue weighted by atomic mass is 32.2. The maximum Gasteiger partial charge on any atom is 0.271 e. The molecule has 2 atom stereocenters. The second-order valence-corrected chi connectivity index (χ2v) is 10.4. The van der Waals surface area contributed by atoms with Crippen molar-refractivity contribution >= 4 is 45.7 Å². The molecule has 1 N–H and O–H groups in total. The highest BCUT2D eigenvalue weighted by Crippen LogP contribution is 2.54. The van der Waals surface area contributed by atoms with Crippen molar-refractivity contribution in [2.75, 3.05) is 23.1 Å². The predicted octanol–water partition coefficient (Wildman–Crippen LogP) is 6.19. The summed E-state index contributed by atoms with van der Waals surface area (Å²) < 4.78 is 11.9. The van der Waals surface area contributed by atoms with Gasteiger partial charge in [0.05, 0.1) is 16.4 Å². The molecule has 1 fully saturated rings. The Hall–Kier alpha value is -4.56. The molecule has 2 amide bonds. The van der Waals surface area contributed by atoms with Crippen LogP contribution in [0.15, 0.2) is 114 Å². The molecule has 4 aromatic rings. The normalized spacial score (nSPS) is 19.3. The van der Waals surface area contributed by atoms with Crippen LogP contribution in [0.4, 0.5) is 17.1 Å². The minimum atomic E-state index is -0.819. The van der Waals surface area contributed by atoms with Gasteiger partial charge in [-0.3, -0.25) is 14.5 Å². The number of thioether (sulfide) groups is 1. The topological polar surface area (TPSA) is 80.2 Å². The molecule has 2 unspecified atom stereocenters. The Labute approximate surface area is 236 Å². The number of ether oxygens (including phenoxy) is 2. The number of carbonyl (C=O) groups excluding carboxylic acids is 2. The van der Waals surface area contributed by atoms with Crippen molar-refractivity contribution in [2.45, 2.75) is 18.1 Å². The summed E-state index contributed by atoms with van der Waals surface area (Å²) in [5, 5.41) is 3.79. The SMILES string of the molecule is CSC1=Nc2ccccc2N2C(=O)C(Oc3ccccc3)C2(c2ccc(NC(=O)COc3ccccc3)cc2)C1. The second-order valence-electron chi connectivity index (χ2n) is 9.51. The number of fused-ring (bicyclic) bond motifs is 3. The van der Waals surface area contributed by atoms with E-state index in [0.717, 1.165) is 22.0 Å². The quantitative estimate of drug-likeness (QED) is 0.278. The molecule has 200 valence electrons. The third kappa shape index (κ3) is 4.71. The number of rotatable bonds is 7. The third-order valence-corrected chi connectivity index (χ3v) is 7.79. The van der Waals surface area contributed by atoms with Gasteiger partial charge in [-0.05, 0) is 60.4 Å². The van der Waals surface area contributed by atoms with Gasteiger partial charge in [-0.1, -0.05) is 60.7 Å². The van der Waals surface area contributed by atoms with Crippen molar-refractivity contribution in [1.29, 1.82) is 0 Å². The average Bonchev–Trinajstić information content (AvgIpc) is 3.13. The molecule has 0 saturated carbocycles. The van der Waals surface area contributed by atoms with E-state index in [1.165, 1.54) is 0 Å². The van der Waals surface area contributed by atoms with Gasteiger partial charge >= 0.3 is 0 Å². The van der Waals surface area contributed by atoms with Crippen LogP contribution < -0.4 is 19.7 Å². The number of hydrogen-bond donors (Lipinski definition) is 1. The second kappa shape index (κ2) is 10.9. The lowest BCUT2D eigenvalue weighted by Crippen LogP contribution is -2.74. The highest BCUT2D eigenvalue weighted by molar-refractivity contribution is 8.13. The minimum Gasteiger partial charge on any atom is -0.484 e. The molecule has 4 aromatic carbocycles. The van der Waals surface area contributed by atoms with Crippen molar-refractivity contribution in [3.8, 4) is 11.5 Å². The van der Waals surface area contributed by atoms with Gasteiger partial charge in [-0.15, -0.1) is 11.8 Å². The number of benzene rings is 4. The van der Waals surface area contributed by atoms with Gasteiger partial charge in [0, 0.05) is 12.1 Å². The van der Waals surface area contributed by atoms with Crippen LogP contribution >= 0.6 is 11.8 Å². The summed E-state index contributed by atoms with van der Waals surface area (Å²) in [4.78, 5) is 33.0. The standard InChI is InChI=1S/C32H27N3O4S/c1-40-29-20-32(22-16-18-23(19-17-22)33-28(36)21-38-24-10-4-2-5-11-24)30(39-25-12-6-3-7-13-25)31(37)35(32)27-15-9-8-14-26(27)34-29/h2-19,30H,20-21H2,1H3,(H,33,36). The Morgan fingerprint density at radius 3 is 2.27 bits per heavy atom. The predicted molar refractivity (Wildman–Crippen MR) is 159 cm³/mol. The van der Waals surface area contributed by atoms with Crippen LogP contribution in [0.3, 0.4) is 0 Å². The first-order valence-electron chi connectivity index (χ1n) is 12.9. The van der Waals surface area contributed by atoms with Crippen LogP contribution in [0.2, 0.25) is 0 Å². The van der Waals surface area contributed by atoms with Gasteiger partial charge in [-0.2, -0.15) is 0 Å². The molecular weight excluding hydrogens is 522 g/mol. The first-order chi connectivity index (χ1) is 19.6. The fourth-order valence-electron chi connectivity index (χ4n) is 5.22. The summed E-state index contributed by atoms with van der Waals surface area (Å²) in [6.07, 6.45) is 1.73. The van der Waals surface area contributed by atoms with Gasteiger partial charge in [0.15, 0.2) is 6.61 Å². The van der Waals surface area contributed by atoms with Crippen LogP contribution in [0, 0.1) is 0 Å². The molecule has 2 aliphatic heterocycles. The maximum atomic E-state index is 13.8. The Morgan fingerprint density at radius 1 is 0.925 bits per heavy atom. The Morgan fingerprint density at radius 2 is 1.57 bits per heavy atom. The lowest BCUT2D eigenvalue weighted by molar-refractivity contribution is -0.141. The number of aliphatic imine (C=N–C) groups is 1. The summed E-state index contributed by atoms with van der Waals surface area (Å²) in [5.41, 5.74) is 2.21. The molecule has 8 heteroatoms. The van der Waals surface area contributed by atoms with E-state index in [2.05, 4.69) is 5.32 Å².